The second kappa shape index (κ2) is 5.69. The minimum Gasteiger partial charge on any atom is -0.437 e. The lowest BCUT2D eigenvalue weighted by atomic mass is 9.95. The summed E-state index contributed by atoms with van der Waals surface area (Å²) in [6.07, 6.45) is 7.25. The smallest absolute Gasteiger partial charge is 0.230 e. The lowest BCUT2D eigenvalue weighted by Crippen LogP contribution is -2.16. The van der Waals surface area contributed by atoms with Crippen molar-refractivity contribution in [2.24, 2.45) is 5.73 Å². The Balaban J connectivity index is 2.01. The molecule has 0 saturated heterocycles. The molecule has 0 atom stereocenters. The number of fused-ring (bicyclic) bond motifs is 1. The summed E-state index contributed by atoms with van der Waals surface area (Å²) >= 11 is 5.90. The van der Waals surface area contributed by atoms with E-state index in [0.29, 0.717) is 22.2 Å². The number of aryl methyl sites for hydroxylation is 2. The van der Waals surface area contributed by atoms with E-state index in [9.17, 15) is 0 Å². The summed E-state index contributed by atoms with van der Waals surface area (Å²) in [4.78, 5) is 8.52. The first-order chi connectivity index (χ1) is 10.1. The molecule has 0 fully saturated rings. The molecule has 0 spiro atoms. The van der Waals surface area contributed by atoms with Gasteiger partial charge in [0.25, 0.3) is 0 Å². The van der Waals surface area contributed by atoms with E-state index in [0.717, 1.165) is 36.9 Å². The molecule has 0 radical (unpaired) electrons. The van der Waals surface area contributed by atoms with Gasteiger partial charge in [0.2, 0.25) is 5.88 Å². The minimum atomic E-state index is -0.0548. The molecule has 2 heterocycles. The maximum atomic E-state index is 7.72. The molecule has 6 heteroatoms. The number of nitrogen functional groups attached to an aromatic ring is 1. The Morgan fingerprint density at radius 1 is 1.24 bits per heavy atom. The normalized spacial score (nSPS) is 13.6. The maximum Gasteiger partial charge on any atom is 0.230 e. The molecule has 3 N–H and O–H groups in total. The quantitative estimate of drug-likeness (QED) is 0.674. The first kappa shape index (κ1) is 13.8. The van der Waals surface area contributed by atoms with E-state index < -0.39 is 0 Å². The summed E-state index contributed by atoms with van der Waals surface area (Å²) in [7, 11) is 0. The van der Waals surface area contributed by atoms with E-state index >= 15 is 0 Å². The summed E-state index contributed by atoms with van der Waals surface area (Å²) in [6, 6.07) is 3.57. The molecular formula is C15H15ClN4O. The van der Waals surface area contributed by atoms with Gasteiger partial charge < -0.3 is 10.5 Å². The second-order valence-electron chi connectivity index (χ2n) is 5.01. The molecule has 0 aromatic carbocycles. The first-order valence-electron chi connectivity index (χ1n) is 6.79. The van der Waals surface area contributed by atoms with Gasteiger partial charge in [0.05, 0.1) is 16.8 Å². The van der Waals surface area contributed by atoms with Crippen LogP contribution in [0, 0.1) is 5.41 Å². The zero-order valence-electron chi connectivity index (χ0n) is 11.4. The van der Waals surface area contributed by atoms with Crippen molar-refractivity contribution in [3.8, 4) is 11.6 Å². The Morgan fingerprint density at radius 3 is 2.81 bits per heavy atom. The van der Waals surface area contributed by atoms with E-state index in [1.54, 1.807) is 12.3 Å². The van der Waals surface area contributed by atoms with Crippen LogP contribution in [0.25, 0.3) is 0 Å². The number of nitrogens with two attached hydrogens (primary N) is 1. The minimum absolute atomic E-state index is 0.0548. The molecule has 2 aromatic rings. The van der Waals surface area contributed by atoms with Crippen molar-refractivity contribution in [1.82, 2.24) is 9.97 Å². The number of rotatable bonds is 3. The molecule has 0 unspecified atom stereocenters. The molecule has 1 aliphatic rings. The number of nitrogens with one attached hydrogen (secondary N) is 1. The van der Waals surface area contributed by atoms with Crippen LogP contribution in [0.4, 0.5) is 0 Å². The lowest BCUT2D eigenvalue weighted by Gasteiger charge is -2.18. The fourth-order valence-corrected chi connectivity index (χ4v) is 2.61. The van der Waals surface area contributed by atoms with Crippen LogP contribution in [0.5, 0.6) is 11.6 Å². The molecule has 0 saturated carbocycles. The maximum absolute atomic E-state index is 7.72. The molecule has 0 aliphatic heterocycles. The lowest BCUT2D eigenvalue weighted by molar-refractivity contribution is 0.454. The van der Waals surface area contributed by atoms with Gasteiger partial charge in [0.1, 0.15) is 11.6 Å². The fourth-order valence-electron chi connectivity index (χ4n) is 2.45. The Hall–Kier alpha value is -2.14. The summed E-state index contributed by atoms with van der Waals surface area (Å²) in [5.74, 6) is 0.765. The predicted octanol–water partition coefficient (Wildman–Crippen LogP) is 3.09. The highest BCUT2D eigenvalue weighted by molar-refractivity contribution is 6.30. The van der Waals surface area contributed by atoms with Crippen LogP contribution in [0.3, 0.4) is 0 Å². The number of amidine groups is 1. The SMILES string of the molecule is N=C(N)c1cc2c(nc1Oc1cncc(Cl)c1)CCCC2. The highest BCUT2D eigenvalue weighted by atomic mass is 35.5. The van der Waals surface area contributed by atoms with Gasteiger partial charge in [-0.2, -0.15) is 0 Å². The van der Waals surface area contributed by atoms with E-state index in [2.05, 4.69) is 9.97 Å². The third-order valence-electron chi connectivity index (χ3n) is 3.45. The monoisotopic (exact) mass is 302 g/mol. The second-order valence-corrected chi connectivity index (χ2v) is 5.45. The molecule has 0 bridgehead atoms. The average Bonchev–Trinajstić information content (AvgIpc) is 2.46. The summed E-state index contributed by atoms with van der Waals surface area (Å²) < 4.78 is 5.74. The van der Waals surface area contributed by atoms with Crippen molar-refractivity contribution in [3.63, 3.8) is 0 Å². The van der Waals surface area contributed by atoms with Gasteiger partial charge in [0.15, 0.2) is 0 Å². The van der Waals surface area contributed by atoms with Gasteiger partial charge in [-0.15, -0.1) is 0 Å². The first-order valence-corrected chi connectivity index (χ1v) is 7.17. The van der Waals surface area contributed by atoms with Crippen LogP contribution < -0.4 is 10.5 Å². The van der Waals surface area contributed by atoms with Crippen molar-refractivity contribution in [2.75, 3.05) is 0 Å². The van der Waals surface area contributed by atoms with Gasteiger partial charge in [-0.05, 0) is 37.3 Å². The van der Waals surface area contributed by atoms with Gasteiger partial charge >= 0.3 is 0 Å². The topological polar surface area (TPSA) is 84.9 Å². The van der Waals surface area contributed by atoms with Gasteiger partial charge in [-0.3, -0.25) is 10.4 Å². The molecule has 5 nitrogen and oxygen atoms in total. The highest BCUT2D eigenvalue weighted by Gasteiger charge is 2.18. The third-order valence-corrected chi connectivity index (χ3v) is 3.66. The number of ether oxygens (including phenoxy) is 1. The number of halogens is 1. The summed E-state index contributed by atoms with van der Waals surface area (Å²) in [5, 5.41) is 8.20. The molecule has 0 amide bonds. The van der Waals surface area contributed by atoms with Gasteiger partial charge in [-0.1, -0.05) is 11.6 Å². The van der Waals surface area contributed by atoms with Crippen LogP contribution in [-0.4, -0.2) is 15.8 Å². The Labute approximate surface area is 127 Å². The molecular weight excluding hydrogens is 288 g/mol. The van der Waals surface area contributed by atoms with E-state index in [1.165, 1.54) is 6.20 Å². The number of aromatic nitrogens is 2. The number of nitrogens with zero attached hydrogens (tertiary/aromatic N) is 2. The van der Waals surface area contributed by atoms with Crippen molar-refractivity contribution in [1.29, 1.82) is 5.41 Å². The van der Waals surface area contributed by atoms with Crippen LogP contribution in [-0.2, 0) is 12.8 Å². The van der Waals surface area contributed by atoms with Crippen molar-refractivity contribution >= 4 is 17.4 Å². The van der Waals surface area contributed by atoms with Crippen LogP contribution in [0.1, 0.15) is 29.7 Å². The molecule has 3 rings (SSSR count). The highest BCUT2D eigenvalue weighted by Crippen LogP contribution is 2.29. The van der Waals surface area contributed by atoms with Gasteiger partial charge in [-0.25, -0.2) is 4.98 Å². The zero-order valence-corrected chi connectivity index (χ0v) is 12.2. The van der Waals surface area contributed by atoms with Crippen LogP contribution in [0.2, 0.25) is 5.02 Å². The summed E-state index contributed by atoms with van der Waals surface area (Å²) in [5.41, 5.74) is 8.34. The van der Waals surface area contributed by atoms with Crippen molar-refractivity contribution < 1.29 is 4.74 Å². The molecule has 1 aliphatic carbocycles. The Morgan fingerprint density at radius 2 is 2.05 bits per heavy atom. The van der Waals surface area contributed by atoms with E-state index in [1.807, 2.05) is 6.07 Å². The Kier molecular flexibility index (Phi) is 3.75. The number of hydrogen-bond acceptors (Lipinski definition) is 4. The standard InChI is InChI=1S/C15H15ClN4O/c16-10-6-11(8-19-7-10)21-15-12(14(17)18)5-9-3-1-2-4-13(9)20-15/h5-8H,1-4H2,(H3,17,18). The number of pyridine rings is 2. The van der Waals surface area contributed by atoms with Gasteiger partial charge in [0, 0.05) is 18.0 Å². The molecule has 2 aromatic heterocycles. The van der Waals surface area contributed by atoms with E-state index in [4.69, 9.17) is 27.5 Å². The number of hydrogen-bond donors (Lipinski definition) is 2. The molecule has 21 heavy (non-hydrogen) atoms. The third kappa shape index (κ3) is 2.97. The summed E-state index contributed by atoms with van der Waals surface area (Å²) in [6.45, 7) is 0. The van der Waals surface area contributed by atoms with Crippen LogP contribution in [0.15, 0.2) is 24.5 Å². The van der Waals surface area contributed by atoms with Crippen LogP contribution >= 0.6 is 11.6 Å². The zero-order chi connectivity index (χ0) is 14.8. The van der Waals surface area contributed by atoms with E-state index in [-0.39, 0.29) is 5.84 Å². The van der Waals surface area contributed by atoms with Crippen molar-refractivity contribution in [3.05, 3.63) is 46.4 Å². The fraction of sp³-hybridized carbons (Fsp3) is 0.267. The predicted molar refractivity (Wildman–Crippen MR) is 81.2 cm³/mol. The molecule has 108 valence electrons. The Bertz CT molecular complexity index is 702. The average molecular weight is 303 g/mol. The van der Waals surface area contributed by atoms with Crippen molar-refractivity contribution in [2.45, 2.75) is 25.7 Å². The largest absolute Gasteiger partial charge is 0.437 e.